The fourth-order valence-electron chi connectivity index (χ4n) is 2.39. The van der Waals surface area contributed by atoms with E-state index in [0.29, 0.717) is 10.7 Å². The molecule has 0 saturated carbocycles. The third-order valence-electron chi connectivity index (χ3n) is 3.50. The molecule has 3 heteroatoms. The minimum Gasteiger partial charge on any atom is -0.321 e. The lowest BCUT2D eigenvalue weighted by atomic mass is 10.0. The van der Waals surface area contributed by atoms with Crippen LogP contribution in [0.4, 0.5) is 5.69 Å². The molecule has 2 nitrogen and oxygen atoms in total. The monoisotopic (exact) mass is 307 g/mol. The third-order valence-corrected chi connectivity index (χ3v) is 3.91. The second kappa shape index (κ2) is 6.04. The van der Waals surface area contributed by atoms with E-state index in [9.17, 15) is 4.79 Å². The Hall–Kier alpha value is -2.58. The molecule has 3 aromatic rings. The van der Waals surface area contributed by atoms with E-state index in [2.05, 4.69) is 36.2 Å². The summed E-state index contributed by atoms with van der Waals surface area (Å²) in [6.07, 6.45) is 1.22. The summed E-state index contributed by atoms with van der Waals surface area (Å²) in [6, 6.07) is 19.9. The Balaban J connectivity index is 2.08. The molecule has 0 bridgehead atoms. The summed E-state index contributed by atoms with van der Waals surface area (Å²) in [6.45, 7) is 3.45. The molecule has 0 fully saturated rings. The van der Waals surface area contributed by atoms with Gasteiger partial charge in [0.1, 0.15) is 0 Å². The SMILES string of the molecule is C=CC(=O)Nc1cccc(-c2ccc3ccccc3c2)c1Cl. The highest BCUT2D eigenvalue weighted by molar-refractivity contribution is 6.36. The van der Waals surface area contributed by atoms with E-state index in [4.69, 9.17) is 11.6 Å². The molecule has 108 valence electrons. The molecular weight excluding hydrogens is 294 g/mol. The lowest BCUT2D eigenvalue weighted by Gasteiger charge is -2.11. The van der Waals surface area contributed by atoms with E-state index in [0.717, 1.165) is 16.5 Å². The van der Waals surface area contributed by atoms with Crippen molar-refractivity contribution < 1.29 is 4.79 Å². The van der Waals surface area contributed by atoms with Gasteiger partial charge >= 0.3 is 0 Å². The Morgan fingerprint density at radius 1 is 1.00 bits per heavy atom. The van der Waals surface area contributed by atoms with Crippen molar-refractivity contribution in [2.24, 2.45) is 0 Å². The minimum atomic E-state index is -0.280. The van der Waals surface area contributed by atoms with E-state index in [1.54, 1.807) is 6.07 Å². The number of hydrogen-bond acceptors (Lipinski definition) is 1. The molecule has 1 N–H and O–H groups in total. The largest absolute Gasteiger partial charge is 0.321 e. The highest BCUT2D eigenvalue weighted by Gasteiger charge is 2.10. The van der Waals surface area contributed by atoms with Crippen molar-refractivity contribution in [1.82, 2.24) is 0 Å². The van der Waals surface area contributed by atoms with Crippen molar-refractivity contribution in [3.63, 3.8) is 0 Å². The van der Waals surface area contributed by atoms with Crippen LogP contribution < -0.4 is 5.32 Å². The molecule has 3 rings (SSSR count). The molecule has 0 aliphatic rings. The summed E-state index contributed by atoms with van der Waals surface area (Å²) >= 11 is 6.45. The highest BCUT2D eigenvalue weighted by Crippen LogP contribution is 2.35. The van der Waals surface area contributed by atoms with Gasteiger partial charge in [0.15, 0.2) is 0 Å². The normalized spacial score (nSPS) is 10.4. The summed E-state index contributed by atoms with van der Waals surface area (Å²) in [5, 5.41) is 5.57. The first-order valence-corrected chi connectivity index (χ1v) is 7.28. The Morgan fingerprint density at radius 2 is 1.77 bits per heavy atom. The van der Waals surface area contributed by atoms with Crippen LogP contribution in [0.1, 0.15) is 0 Å². The Morgan fingerprint density at radius 3 is 2.55 bits per heavy atom. The molecule has 0 aliphatic carbocycles. The molecule has 0 aliphatic heterocycles. The first-order valence-electron chi connectivity index (χ1n) is 6.90. The minimum absolute atomic E-state index is 0.280. The molecule has 0 unspecified atom stereocenters. The molecule has 3 aromatic carbocycles. The lowest BCUT2D eigenvalue weighted by molar-refractivity contribution is -0.111. The smallest absolute Gasteiger partial charge is 0.247 e. The van der Waals surface area contributed by atoms with Gasteiger partial charge in [-0.3, -0.25) is 4.79 Å². The van der Waals surface area contributed by atoms with Crippen molar-refractivity contribution >= 4 is 34.0 Å². The van der Waals surface area contributed by atoms with Gasteiger partial charge in [0, 0.05) is 5.56 Å². The van der Waals surface area contributed by atoms with E-state index in [1.165, 1.54) is 11.5 Å². The Labute approximate surface area is 134 Å². The number of carbonyl (C=O) groups excluding carboxylic acids is 1. The van der Waals surface area contributed by atoms with Crippen molar-refractivity contribution in [2.45, 2.75) is 0 Å². The van der Waals surface area contributed by atoms with Crippen LogP contribution in [-0.4, -0.2) is 5.91 Å². The van der Waals surface area contributed by atoms with Crippen LogP contribution in [0.25, 0.3) is 21.9 Å². The molecule has 0 radical (unpaired) electrons. The fraction of sp³-hybridized carbons (Fsp3) is 0. The Kier molecular flexibility index (Phi) is 3.94. The fourth-order valence-corrected chi connectivity index (χ4v) is 2.67. The standard InChI is InChI=1S/C19H14ClNO/c1-2-18(22)21-17-9-5-8-16(19(17)20)15-11-10-13-6-3-4-7-14(13)12-15/h2-12H,1H2,(H,21,22). The van der Waals surface area contributed by atoms with Crippen LogP contribution in [0.5, 0.6) is 0 Å². The van der Waals surface area contributed by atoms with E-state index >= 15 is 0 Å². The van der Waals surface area contributed by atoms with Gasteiger partial charge in [-0.2, -0.15) is 0 Å². The van der Waals surface area contributed by atoms with Crippen LogP contribution in [0.15, 0.2) is 73.3 Å². The average Bonchev–Trinajstić information content (AvgIpc) is 2.56. The number of benzene rings is 3. The number of halogens is 1. The molecule has 1 amide bonds. The second-order valence-electron chi connectivity index (χ2n) is 4.92. The zero-order chi connectivity index (χ0) is 15.5. The summed E-state index contributed by atoms with van der Waals surface area (Å²) in [5.41, 5.74) is 2.48. The average molecular weight is 308 g/mol. The first kappa shape index (κ1) is 14.4. The Bertz CT molecular complexity index is 870. The number of fused-ring (bicyclic) bond motifs is 1. The van der Waals surface area contributed by atoms with Crippen molar-refractivity contribution in [3.05, 3.63) is 78.3 Å². The van der Waals surface area contributed by atoms with Crippen molar-refractivity contribution in [3.8, 4) is 11.1 Å². The van der Waals surface area contributed by atoms with Gasteiger partial charge in [0.2, 0.25) is 5.91 Å². The van der Waals surface area contributed by atoms with Gasteiger partial charge in [-0.15, -0.1) is 0 Å². The van der Waals surface area contributed by atoms with E-state index < -0.39 is 0 Å². The van der Waals surface area contributed by atoms with Crippen LogP contribution in [-0.2, 0) is 4.79 Å². The highest BCUT2D eigenvalue weighted by atomic mass is 35.5. The summed E-state index contributed by atoms with van der Waals surface area (Å²) < 4.78 is 0. The van der Waals surface area contributed by atoms with Crippen molar-refractivity contribution in [2.75, 3.05) is 5.32 Å². The van der Waals surface area contributed by atoms with Gasteiger partial charge in [-0.05, 0) is 34.5 Å². The summed E-state index contributed by atoms with van der Waals surface area (Å²) in [7, 11) is 0. The molecule has 22 heavy (non-hydrogen) atoms. The van der Waals surface area contributed by atoms with Crippen LogP contribution in [0, 0.1) is 0 Å². The predicted molar refractivity (Wildman–Crippen MR) is 93.2 cm³/mol. The molecule has 0 saturated heterocycles. The number of nitrogens with one attached hydrogen (secondary N) is 1. The van der Waals surface area contributed by atoms with Crippen molar-refractivity contribution in [1.29, 1.82) is 0 Å². The van der Waals surface area contributed by atoms with Gasteiger partial charge in [0.05, 0.1) is 10.7 Å². The maximum atomic E-state index is 11.5. The van der Waals surface area contributed by atoms with Crippen LogP contribution in [0.2, 0.25) is 5.02 Å². The number of amides is 1. The number of rotatable bonds is 3. The van der Waals surface area contributed by atoms with Crippen LogP contribution in [0.3, 0.4) is 0 Å². The maximum absolute atomic E-state index is 11.5. The first-order chi connectivity index (χ1) is 10.7. The number of anilines is 1. The molecule has 0 spiro atoms. The predicted octanol–water partition coefficient (Wildman–Crippen LogP) is 5.28. The number of carbonyl (C=O) groups is 1. The molecular formula is C19H14ClNO. The molecule has 0 atom stereocenters. The van der Waals surface area contributed by atoms with Gasteiger partial charge in [-0.25, -0.2) is 0 Å². The maximum Gasteiger partial charge on any atom is 0.247 e. The quantitative estimate of drug-likeness (QED) is 0.655. The zero-order valence-corrected chi connectivity index (χ0v) is 12.6. The van der Waals surface area contributed by atoms with E-state index in [1.807, 2.05) is 30.3 Å². The summed E-state index contributed by atoms with van der Waals surface area (Å²) in [5.74, 6) is -0.280. The second-order valence-corrected chi connectivity index (χ2v) is 5.30. The third kappa shape index (κ3) is 2.74. The van der Waals surface area contributed by atoms with Gasteiger partial charge in [0.25, 0.3) is 0 Å². The van der Waals surface area contributed by atoms with Crippen LogP contribution >= 0.6 is 11.6 Å². The molecule has 0 aromatic heterocycles. The zero-order valence-electron chi connectivity index (χ0n) is 11.8. The number of hydrogen-bond donors (Lipinski definition) is 1. The summed E-state index contributed by atoms with van der Waals surface area (Å²) in [4.78, 5) is 11.5. The van der Waals surface area contributed by atoms with Gasteiger partial charge < -0.3 is 5.32 Å². The lowest BCUT2D eigenvalue weighted by Crippen LogP contribution is -2.07. The van der Waals surface area contributed by atoms with Gasteiger partial charge in [-0.1, -0.05) is 66.7 Å². The molecule has 0 heterocycles. The topological polar surface area (TPSA) is 29.1 Å². The van der Waals surface area contributed by atoms with E-state index in [-0.39, 0.29) is 5.91 Å².